The summed E-state index contributed by atoms with van der Waals surface area (Å²) in [6.07, 6.45) is 0. The molecular weight excluding hydrogens is 485 g/mol. The highest BCUT2D eigenvalue weighted by atomic mass is 32.1. The van der Waals surface area contributed by atoms with E-state index >= 15 is 0 Å². The molecule has 2 N–H and O–H groups in total. The van der Waals surface area contributed by atoms with Crippen molar-refractivity contribution in [3.05, 3.63) is 88.0 Å². The number of thiocarbonyl (C=S) groups is 1. The van der Waals surface area contributed by atoms with Crippen LogP contribution in [0.15, 0.2) is 65.5 Å². The first kappa shape index (κ1) is 22.2. The minimum atomic E-state index is -0.341. The van der Waals surface area contributed by atoms with Crippen LogP contribution in [0.25, 0.3) is 10.9 Å². The molecule has 0 atom stereocenters. The quantitative estimate of drug-likeness (QED) is 0.383. The molecule has 182 valence electrons. The van der Waals surface area contributed by atoms with E-state index in [9.17, 15) is 9.18 Å². The van der Waals surface area contributed by atoms with E-state index in [2.05, 4.69) is 10.3 Å². The first-order valence-corrected chi connectivity index (χ1v) is 11.6. The zero-order valence-electron chi connectivity index (χ0n) is 18.9. The van der Waals surface area contributed by atoms with Gasteiger partial charge in [-0.25, -0.2) is 4.39 Å². The maximum atomic E-state index is 13.4. The largest absolute Gasteiger partial charge is 0.454 e. The maximum absolute atomic E-state index is 13.4. The van der Waals surface area contributed by atoms with E-state index < -0.39 is 0 Å². The molecule has 0 saturated heterocycles. The average molecular weight is 506 g/mol. The van der Waals surface area contributed by atoms with Gasteiger partial charge in [-0.2, -0.15) is 0 Å². The second kappa shape index (κ2) is 9.04. The van der Waals surface area contributed by atoms with Crippen molar-refractivity contribution in [2.45, 2.75) is 13.1 Å². The van der Waals surface area contributed by atoms with Gasteiger partial charge in [0, 0.05) is 29.2 Å². The Morgan fingerprint density at radius 3 is 2.36 bits per heavy atom. The van der Waals surface area contributed by atoms with Gasteiger partial charge in [-0.15, -0.1) is 0 Å². The van der Waals surface area contributed by atoms with E-state index in [1.807, 2.05) is 35.2 Å². The van der Waals surface area contributed by atoms with Crippen LogP contribution >= 0.6 is 12.2 Å². The van der Waals surface area contributed by atoms with Gasteiger partial charge in [-0.05, 0) is 66.3 Å². The molecular formula is C26H20FN3O5S. The first-order valence-electron chi connectivity index (χ1n) is 11.2. The molecule has 10 heteroatoms. The molecule has 3 aromatic carbocycles. The average Bonchev–Trinajstić information content (AvgIpc) is 3.52. The Labute approximate surface area is 210 Å². The number of anilines is 1. The fraction of sp³-hybridized carbons (Fsp3) is 0.154. The number of hydrogen-bond acceptors (Lipinski definition) is 6. The summed E-state index contributed by atoms with van der Waals surface area (Å²) >= 11 is 5.71. The molecule has 4 aromatic rings. The molecule has 0 unspecified atom stereocenters. The van der Waals surface area contributed by atoms with Crippen LogP contribution in [0.2, 0.25) is 0 Å². The lowest BCUT2D eigenvalue weighted by Crippen LogP contribution is -2.35. The van der Waals surface area contributed by atoms with E-state index in [-0.39, 0.29) is 31.5 Å². The molecule has 0 bridgehead atoms. The number of fused-ring (bicyclic) bond motifs is 3. The van der Waals surface area contributed by atoms with Crippen LogP contribution in [0.1, 0.15) is 11.1 Å². The Balaban J connectivity index is 1.32. The Kier molecular flexibility index (Phi) is 5.57. The molecule has 6 rings (SSSR count). The van der Waals surface area contributed by atoms with Crippen molar-refractivity contribution in [2.24, 2.45) is 0 Å². The maximum Gasteiger partial charge on any atom is 0.253 e. The summed E-state index contributed by atoms with van der Waals surface area (Å²) in [4.78, 5) is 17.8. The minimum Gasteiger partial charge on any atom is -0.454 e. The first-order chi connectivity index (χ1) is 17.5. The van der Waals surface area contributed by atoms with E-state index in [1.165, 1.54) is 12.1 Å². The fourth-order valence-corrected chi connectivity index (χ4v) is 4.41. The van der Waals surface area contributed by atoms with Gasteiger partial charge in [0.15, 0.2) is 28.1 Å². The third-order valence-electron chi connectivity index (χ3n) is 5.97. The third kappa shape index (κ3) is 4.38. The predicted molar refractivity (Wildman–Crippen MR) is 135 cm³/mol. The number of rotatable bonds is 5. The number of hydrogen-bond donors (Lipinski definition) is 2. The summed E-state index contributed by atoms with van der Waals surface area (Å²) in [6, 6.07) is 17.0. The predicted octanol–water partition coefficient (Wildman–Crippen LogP) is 4.52. The molecule has 0 radical (unpaired) electrons. The van der Waals surface area contributed by atoms with Crippen LogP contribution in [0.3, 0.4) is 0 Å². The summed E-state index contributed by atoms with van der Waals surface area (Å²) < 4.78 is 35.2. The van der Waals surface area contributed by atoms with Crippen molar-refractivity contribution in [2.75, 3.05) is 18.9 Å². The van der Waals surface area contributed by atoms with Gasteiger partial charge in [0.05, 0.1) is 12.1 Å². The van der Waals surface area contributed by atoms with Gasteiger partial charge in [0.25, 0.3) is 5.56 Å². The molecule has 2 aliphatic rings. The highest BCUT2D eigenvalue weighted by molar-refractivity contribution is 7.80. The van der Waals surface area contributed by atoms with Crippen LogP contribution in [-0.2, 0) is 13.1 Å². The van der Waals surface area contributed by atoms with Crippen LogP contribution in [-0.4, -0.2) is 28.6 Å². The van der Waals surface area contributed by atoms with Gasteiger partial charge < -0.3 is 34.1 Å². The molecule has 8 nitrogen and oxygen atoms in total. The van der Waals surface area contributed by atoms with Gasteiger partial charge in [-0.1, -0.05) is 6.07 Å². The van der Waals surface area contributed by atoms with E-state index in [0.717, 1.165) is 10.9 Å². The highest BCUT2D eigenvalue weighted by Gasteiger charge is 2.19. The monoisotopic (exact) mass is 505 g/mol. The van der Waals surface area contributed by atoms with Crippen molar-refractivity contribution >= 4 is 33.9 Å². The summed E-state index contributed by atoms with van der Waals surface area (Å²) in [5.74, 6) is 2.23. The van der Waals surface area contributed by atoms with E-state index in [4.69, 9.17) is 31.2 Å². The SMILES string of the molecule is O=c1[nH]c2cc3c(cc2cc1CN(Cc1ccc2c(c1)OCO2)C(=S)Nc1ccc(F)cc1)OCO3. The lowest BCUT2D eigenvalue weighted by atomic mass is 10.1. The molecule has 0 amide bonds. The number of H-pyrrole nitrogens is 1. The zero-order valence-corrected chi connectivity index (χ0v) is 19.7. The summed E-state index contributed by atoms with van der Waals surface area (Å²) in [5.41, 5.74) is 2.50. The number of benzene rings is 3. The topological polar surface area (TPSA) is 85.1 Å². The van der Waals surface area contributed by atoms with E-state index in [0.29, 0.717) is 51.4 Å². The van der Waals surface area contributed by atoms with Crippen LogP contribution in [0, 0.1) is 5.82 Å². The number of nitrogens with zero attached hydrogens (tertiary/aromatic N) is 1. The van der Waals surface area contributed by atoms with Gasteiger partial charge in [0.1, 0.15) is 5.82 Å². The Morgan fingerprint density at radius 1 is 0.889 bits per heavy atom. The van der Waals surface area contributed by atoms with Crippen molar-refractivity contribution < 1.29 is 23.3 Å². The van der Waals surface area contributed by atoms with Gasteiger partial charge in [-0.3, -0.25) is 4.79 Å². The normalized spacial score (nSPS) is 13.1. The summed E-state index contributed by atoms with van der Waals surface area (Å²) in [5, 5.41) is 4.33. The molecule has 0 saturated carbocycles. The Morgan fingerprint density at radius 2 is 1.58 bits per heavy atom. The third-order valence-corrected chi connectivity index (χ3v) is 6.33. The number of aromatic nitrogens is 1. The van der Waals surface area contributed by atoms with Gasteiger partial charge in [0.2, 0.25) is 13.6 Å². The number of halogens is 1. The molecule has 2 aliphatic heterocycles. The van der Waals surface area contributed by atoms with Crippen molar-refractivity contribution in [1.82, 2.24) is 9.88 Å². The highest BCUT2D eigenvalue weighted by Crippen LogP contribution is 2.35. The fourth-order valence-electron chi connectivity index (χ4n) is 4.16. The second-order valence-corrected chi connectivity index (χ2v) is 8.78. The lowest BCUT2D eigenvalue weighted by Gasteiger charge is -2.26. The van der Waals surface area contributed by atoms with Crippen molar-refractivity contribution in [3.63, 3.8) is 0 Å². The molecule has 3 heterocycles. The van der Waals surface area contributed by atoms with Crippen molar-refractivity contribution in [3.8, 4) is 23.0 Å². The lowest BCUT2D eigenvalue weighted by molar-refractivity contribution is 0.173. The minimum absolute atomic E-state index is 0.148. The summed E-state index contributed by atoms with van der Waals surface area (Å²) in [7, 11) is 0. The zero-order chi connectivity index (χ0) is 24.6. The number of aromatic amines is 1. The molecule has 36 heavy (non-hydrogen) atoms. The molecule has 0 aliphatic carbocycles. The molecule has 0 fully saturated rings. The molecule has 0 spiro atoms. The van der Waals surface area contributed by atoms with Crippen LogP contribution < -0.4 is 29.8 Å². The molecule has 1 aromatic heterocycles. The van der Waals surface area contributed by atoms with E-state index in [1.54, 1.807) is 18.2 Å². The van der Waals surface area contributed by atoms with Crippen LogP contribution in [0.5, 0.6) is 23.0 Å². The smallest absolute Gasteiger partial charge is 0.253 e. The second-order valence-electron chi connectivity index (χ2n) is 8.40. The van der Waals surface area contributed by atoms with Gasteiger partial charge >= 0.3 is 0 Å². The Hall–Kier alpha value is -4.31. The standard InChI is InChI=1S/C26H20FN3O5S/c27-18-2-4-19(5-3-18)28-26(36)30(11-15-1-6-21-22(7-15)33-13-32-21)12-17-8-16-9-23-24(35-14-34-23)10-20(16)29-25(17)31/h1-10H,11-14H2,(H,28,36)(H,29,31). The van der Waals surface area contributed by atoms with Crippen LogP contribution in [0.4, 0.5) is 10.1 Å². The number of ether oxygens (including phenoxy) is 4. The number of nitrogens with one attached hydrogen (secondary N) is 2. The van der Waals surface area contributed by atoms with Crippen molar-refractivity contribution in [1.29, 1.82) is 0 Å². The summed E-state index contributed by atoms with van der Waals surface area (Å²) in [6.45, 7) is 0.941. The Bertz CT molecular complexity index is 1540. The number of pyridine rings is 1.